The van der Waals surface area contributed by atoms with Crippen LogP contribution in [-0.2, 0) is 15.1 Å². The summed E-state index contributed by atoms with van der Waals surface area (Å²) in [5.74, 6) is 0.440. The van der Waals surface area contributed by atoms with Gasteiger partial charge in [0.15, 0.2) is 5.96 Å². The Bertz CT molecular complexity index is 516. The molecule has 1 fully saturated rings. The normalized spacial score (nSPS) is 23.8. The van der Waals surface area contributed by atoms with Crippen LogP contribution < -0.4 is 10.6 Å². The summed E-state index contributed by atoms with van der Waals surface area (Å²) in [6.45, 7) is 3.02. The van der Waals surface area contributed by atoms with Crippen LogP contribution in [-0.4, -0.2) is 32.1 Å². The lowest BCUT2D eigenvalue weighted by Gasteiger charge is -2.25. The second-order valence-corrected chi connectivity index (χ2v) is 5.48. The van der Waals surface area contributed by atoms with E-state index in [0.717, 1.165) is 10.0 Å². The Morgan fingerprint density at radius 1 is 1.35 bits per heavy atom. The monoisotopic (exact) mass is 339 g/mol. The molecular formula is C14H18BrN3O2. The van der Waals surface area contributed by atoms with Crippen molar-refractivity contribution in [3.8, 4) is 0 Å². The van der Waals surface area contributed by atoms with Gasteiger partial charge in [0.2, 0.25) is 0 Å². The molecule has 1 aromatic carbocycles. The maximum absolute atomic E-state index is 12.4. The van der Waals surface area contributed by atoms with E-state index in [2.05, 4.69) is 31.6 Å². The molecule has 1 heterocycles. The third kappa shape index (κ3) is 2.86. The summed E-state index contributed by atoms with van der Waals surface area (Å²) in [5, 5.41) is 6.02. The molecule has 0 saturated carbocycles. The highest BCUT2D eigenvalue weighted by atomic mass is 79.9. The molecule has 1 aliphatic rings. The van der Waals surface area contributed by atoms with Gasteiger partial charge in [-0.1, -0.05) is 35.0 Å². The van der Waals surface area contributed by atoms with Gasteiger partial charge in [-0.15, -0.1) is 0 Å². The van der Waals surface area contributed by atoms with Gasteiger partial charge in [-0.05, 0) is 24.1 Å². The summed E-state index contributed by atoms with van der Waals surface area (Å²) in [7, 11) is 1.62. The van der Waals surface area contributed by atoms with Gasteiger partial charge in [0.05, 0.1) is 13.2 Å². The summed E-state index contributed by atoms with van der Waals surface area (Å²) >= 11 is 3.40. The largest absolute Gasteiger partial charge is 0.383 e. The first kappa shape index (κ1) is 15.0. The Morgan fingerprint density at radius 2 is 2.05 bits per heavy atom. The van der Waals surface area contributed by atoms with Crippen molar-refractivity contribution in [1.82, 2.24) is 10.6 Å². The maximum Gasteiger partial charge on any atom is 0.257 e. The van der Waals surface area contributed by atoms with Crippen molar-refractivity contribution < 1.29 is 9.53 Å². The van der Waals surface area contributed by atoms with E-state index in [1.165, 1.54) is 0 Å². The van der Waals surface area contributed by atoms with Gasteiger partial charge in [-0.25, -0.2) is 0 Å². The van der Waals surface area contributed by atoms with Crippen molar-refractivity contribution in [3.63, 3.8) is 0 Å². The molecule has 0 bridgehead atoms. The Balaban J connectivity index is 2.25. The number of carbonyl (C=O) groups excluding carboxylic acids is 1. The summed E-state index contributed by atoms with van der Waals surface area (Å²) in [6.07, 6.45) is 0.643. The molecule has 0 radical (unpaired) electrons. The van der Waals surface area contributed by atoms with E-state index in [9.17, 15) is 4.79 Å². The Kier molecular flexibility index (Phi) is 4.77. The van der Waals surface area contributed by atoms with Crippen molar-refractivity contribution in [1.29, 1.82) is 0 Å². The highest BCUT2D eigenvalue weighted by Crippen LogP contribution is 2.29. The van der Waals surface area contributed by atoms with Crippen molar-refractivity contribution in [2.75, 3.05) is 20.3 Å². The molecule has 0 aromatic heterocycles. The van der Waals surface area contributed by atoms with E-state index >= 15 is 0 Å². The molecule has 1 unspecified atom stereocenters. The maximum atomic E-state index is 12.4. The molecule has 2 rings (SSSR count). The molecule has 2 N–H and O–H groups in total. The molecule has 1 amide bonds. The van der Waals surface area contributed by atoms with E-state index in [0.29, 0.717) is 25.5 Å². The quantitative estimate of drug-likeness (QED) is 0.803. The minimum Gasteiger partial charge on any atom is -0.383 e. The number of guanidine groups is 1. The minimum absolute atomic E-state index is 0.0708. The number of hydrogen-bond donors (Lipinski definition) is 2. The van der Waals surface area contributed by atoms with Gasteiger partial charge in [-0.3, -0.25) is 15.1 Å². The summed E-state index contributed by atoms with van der Waals surface area (Å²) in [4.78, 5) is 16.6. The molecule has 5 nitrogen and oxygen atoms in total. The lowest BCUT2D eigenvalue weighted by molar-refractivity contribution is -0.124. The fourth-order valence-corrected chi connectivity index (χ4v) is 2.49. The topological polar surface area (TPSA) is 62.7 Å². The van der Waals surface area contributed by atoms with Crippen LogP contribution in [0.25, 0.3) is 0 Å². The average Bonchev–Trinajstić information content (AvgIpc) is 2.77. The number of aliphatic imine (C=N–C) groups is 1. The van der Waals surface area contributed by atoms with Gasteiger partial charge in [0.1, 0.15) is 5.54 Å². The molecule has 108 valence electrons. The Labute approximate surface area is 126 Å². The van der Waals surface area contributed by atoms with Crippen molar-refractivity contribution in [2.24, 2.45) is 4.99 Å². The van der Waals surface area contributed by atoms with E-state index < -0.39 is 5.54 Å². The van der Waals surface area contributed by atoms with Gasteiger partial charge in [0, 0.05) is 11.6 Å². The third-order valence-electron chi connectivity index (χ3n) is 3.38. The zero-order chi connectivity index (χ0) is 14.6. The number of halogens is 1. The number of nitrogens with one attached hydrogen (secondary N) is 2. The first-order chi connectivity index (χ1) is 9.62. The third-order valence-corrected chi connectivity index (χ3v) is 3.91. The molecule has 6 heteroatoms. The van der Waals surface area contributed by atoms with Crippen LogP contribution in [0.5, 0.6) is 0 Å². The van der Waals surface area contributed by atoms with Crippen LogP contribution in [0.15, 0.2) is 33.7 Å². The van der Waals surface area contributed by atoms with Gasteiger partial charge < -0.3 is 10.1 Å². The van der Waals surface area contributed by atoms with Gasteiger partial charge in [0.25, 0.3) is 5.91 Å². The predicted octanol–water partition coefficient (Wildman–Crippen LogP) is 1.78. The fraction of sp³-hybridized carbons (Fsp3) is 0.429. The van der Waals surface area contributed by atoms with Crippen LogP contribution in [0.1, 0.15) is 18.9 Å². The summed E-state index contributed by atoms with van der Waals surface area (Å²) in [5.41, 5.74) is 0.185. The Hall–Kier alpha value is -1.40. The predicted molar refractivity (Wildman–Crippen MR) is 81.6 cm³/mol. The molecule has 1 aromatic rings. The van der Waals surface area contributed by atoms with Crippen molar-refractivity contribution in [3.05, 3.63) is 34.3 Å². The summed E-state index contributed by atoms with van der Waals surface area (Å²) in [6, 6.07) is 7.75. The molecule has 0 spiro atoms. The SMILES string of the molecule is CCC1(c2ccc(Br)cc2)NC(=NCCOC)NC1=O. The van der Waals surface area contributed by atoms with Crippen LogP contribution >= 0.6 is 15.9 Å². The van der Waals surface area contributed by atoms with Gasteiger partial charge in [-0.2, -0.15) is 0 Å². The van der Waals surface area contributed by atoms with E-state index in [-0.39, 0.29) is 5.91 Å². The van der Waals surface area contributed by atoms with Crippen molar-refractivity contribution >= 4 is 27.8 Å². The molecule has 1 atom stereocenters. The summed E-state index contributed by atoms with van der Waals surface area (Å²) < 4.78 is 5.94. The second kappa shape index (κ2) is 6.37. The minimum atomic E-state index is -0.743. The standard InChI is InChI=1S/C14H18BrN3O2/c1-3-14(10-4-6-11(15)7-5-10)12(19)17-13(18-14)16-8-9-20-2/h4-7H,3,8-9H2,1-2H3,(H2,16,17,18,19). The molecule has 1 saturated heterocycles. The molecule has 0 aliphatic carbocycles. The van der Waals surface area contributed by atoms with E-state index in [4.69, 9.17) is 4.74 Å². The fourth-order valence-electron chi connectivity index (χ4n) is 2.22. The van der Waals surface area contributed by atoms with Gasteiger partial charge >= 0.3 is 0 Å². The smallest absolute Gasteiger partial charge is 0.257 e. The number of carbonyl (C=O) groups is 1. The Morgan fingerprint density at radius 3 is 2.65 bits per heavy atom. The number of ether oxygens (including phenoxy) is 1. The van der Waals surface area contributed by atoms with E-state index in [1.54, 1.807) is 7.11 Å². The number of amides is 1. The zero-order valence-electron chi connectivity index (χ0n) is 11.6. The average molecular weight is 340 g/mol. The molecule has 1 aliphatic heterocycles. The lowest BCUT2D eigenvalue weighted by Crippen LogP contribution is -2.43. The van der Waals surface area contributed by atoms with E-state index in [1.807, 2.05) is 31.2 Å². The highest BCUT2D eigenvalue weighted by Gasteiger charge is 2.45. The number of rotatable bonds is 5. The van der Waals surface area contributed by atoms with Crippen LogP contribution in [0.2, 0.25) is 0 Å². The lowest BCUT2D eigenvalue weighted by atomic mass is 9.87. The van der Waals surface area contributed by atoms with Crippen LogP contribution in [0, 0.1) is 0 Å². The highest BCUT2D eigenvalue weighted by molar-refractivity contribution is 9.10. The number of benzene rings is 1. The molecular weight excluding hydrogens is 322 g/mol. The number of methoxy groups -OCH3 is 1. The van der Waals surface area contributed by atoms with Crippen LogP contribution in [0.3, 0.4) is 0 Å². The first-order valence-corrected chi connectivity index (χ1v) is 7.30. The first-order valence-electron chi connectivity index (χ1n) is 6.51. The van der Waals surface area contributed by atoms with Crippen LogP contribution in [0.4, 0.5) is 0 Å². The van der Waals surface area contributed by atoms with Crippen molar-refractivity contribution in [2.45, 2.75) is 18.9 Å². The second-order valence-electron chi connectivity index (χ2n) is 4.57. The number of nitrogens with zero attached hydrogens (tertiary/aromatic N) is 1. The number of hydrogen-bond acceptors (Lipinski definition) is 3. The zero-order valence-corrected chi connectivity index (χ0v) is 13.2. The molecule has 20 heavy (non-hydrogen) atoms.